The van der Waals surface area contributed by atoms with Crippen LogP contribution in [0.2, 0.25) is 0 Å². The lowest BCUT2D eigenvalue weighted by molar-refractivity contribution is -0.142. The number of aryl methyl sites for hydroxylation is 1. The lowest BCUT2D eigenvalue weighted by atomic mass is 10.0. The largest absolute Gasteiger partial charge is 0.462 e. The molecule has 0 atom stereocenters. The molecule has 0 N–H and O–H groups in total. The summed E-state index contributed by atoms with van der Waals surface area (Å²) in [4.78, 5) is 24.0. The number of nitrogens with zero attached hydrogens (tertiary/aromatic N) is 1. The molecule has 3 aromatic rings. The van der Waals surface area contributed by atoms with Crippen molar-refractivity contribution in [2.75, 3.05) is 6.61 Å². The van der Waals surface area contributed by atoms with Crippen molar-refractivity contribution in [2.24, 2.45) is 7.05 Å². The van der Waals surface area contributed by atoms with Crippen LogP contribution in [0.1, 0.15) is 29.9 Å². The Hall–Kier alpha value is -2.34. The molecule has 0 bridgehead atoms. The van der Waals surface area contributed by atoms with E-state index >= 15 is 0 Å². The third-order valence-electron chi connectivity index (χ3n) is 4.15. The van der Waals surface area contributed by atoms with E-state index in [4.69, 9.17) is 9.47 Å². The maximum absolute atomic E-state index is 12.7. The molecule has 0 aliphatic heterocycles. The number of aromatic nitrogens is 1. The fraction of sp³-hybridized carbons (Fsp3) is 0.263. The highest BCUT2D eigenvalue weighted by molar-refractivity contribution is 9.10. The SMILES string of the molecule is CCOC(=O)c1c(COC(C)=O)n(C)c2c(Br)cc3ccccc3c12. The second kappa shape index (κ2) is 6.88. The van der Waals surface area contributed by atoms with Crippen molar-refractivity contribution in [1.82, 2.24) is 4.57 Å². The fourth-order valence-electron chi connectivity index (χ4n) is 3.09. The van der Waals surface area contributed by atoms with Gasteiger partial charge in [-0.15, -0.1) is 0 Å². The molecule has 0 fully saturated rings. The Labute approximate surface area is 153 Å². The van der Waals surface area contributed by atoms with Crippen molar-refractivity contribution in [3.05, 3.63) is 46.1 Å². The Morgan fingerprint density at radius 3 is 2.60 bits per heavy atom. The molecule has 0 spiro atoms. The van der Waals surface area contributed by atoms with Gasteiger partial charge in [0.1, 0.15) is 6.61 Å². The predicted octanol–water partition coefficient (Wildman–Crippen LogP) is 4.33. The number of hydrogen-bond acceptors (Lipinski definition) is 4. The molecule has 0 aliphatic carbocycles. The van der Waals surface area contributed by atoms with Crippen LogP contribution in [0.25, 0.3) is 21.7 Å². The van der Waals surface area contributed by atoms with Crippen LogP contribution in [0.3, 0.4) is 0 Å². The van der Waals surface area contributed by atoms with Gasteiger partial charge in [-0.3, -0.25) is 4.79 Å². The second-order valence-electron chi connectivity index (χ2n) is 5.68. The van der Waals surface area contributed by atoms with Crippen LogP contribution in [0.4, 0.5) is 0 Å². The van der Waals surface area contributed by atoms with Crippen LogP contribution >= 0.6 is 15.9 Å². The third kappa shape index (κ3) is 3.02. The van der Waals surface area contributed by atoms with Gasteiger partial charge in [0.25, 0.3) is 0 Å². The van der Waals surface area contributed by atoms with Crippen LogP contribution in [0.15, 0.2) is 34.8 Å². The first-order chi connectivity index (χ1) is 12.0. The summed E-state index contributed by atoms with van der Waals surface area (Å²) >= 11 is 3.60. The zero-order chi connectivity index (χ0) is 18.1. The summed E-state index contributed by atoms with van der Waals surface area (Å²) in [6.07, 6.45) is 0. The molecule has 0 saturated heterocycles. The highest BCUT2D eigenvalue weighted by Crippen LogP contribution is 2.38. The summed E-state index contributed by atoms with van der Waals surface area (Å²) in [6, 6.07) is 9.87. The fourth-order valence-corrected chi connectivity index (χ4v) is 3.80. The molecule has 3 rings (SSSR count). The Bertz CT molecular complexity index is 990. The lowest BCUT2D eigenvalue weighted by Gasteiger charge is -2.08. The van der Waals surface area contributed by atoms with E-state index in [1.54, 1.807) is 6.92 Å². The highest BCUT2D eigenvalue weighted by atomic mass is 79.9. The van der Waals surface area contributed by atoms with E-state index in [1.807, 2.05) is 41.9 Å². The number of ether oxygens (including phenoxy) is 2. The van der Waals surface area contributed by atoms with E-state index in [9.17, 15) is 9.59 Å². The van der Waals surface area contributed by atoms with E-state index in [1.165, 1.54) is 6.92 Å². The van der Waals surface area contributed by atoms with Gasteiger partial charge in [0.05, 0.1) is 23.4 Å². The first kappa shape index (κ1) is 17.5. The van der Waals surface area contributed by atoms with Crippen LogP contribution < -0.4 is 0 Å². The minimum Gasteiger partial charge on any atom is -0.462 e. The number of hydrogen-bond donors (Lipinski definition) is 0. The van der Waals surface area contributed by atoms with Crippen molar-refractivity contribution in [3.8, 4) is 0 Å². The van der Waals surface area contributed by atoms with Crippen LogP contribution in [-0.4, -0.2) is 23.1 Å². The molecule has 6 heteroatoms. The van der Waals surface area contributed by atoms with Crippen LogP contribution in [0.5, 0.6) is 0 Å². The molecule has 5 nitrogen and oxygen atoms in total. The topological polar surface area (TPSA) is 57.5 Å². The first-order valence-corrected chi connectivity index (χ1v) is 8.74. The molecular formula is C19H18BrNO4. The molecule has 0 aliphatic rings. The Morgan fingerprint density at radius 2 is 1.92 bits per heavy atom. The summed E-state index contributed by atoms with van der Waals surface area (Å²) < 4.78 is 13.2. The predicted molar refractivity (Wildman–Crippen MR) is 99.6 cm³/mol. The Balaban J connectivity index is 2.41. The number of rotatable bonds is 4. The standard InChI is InChI=1S/C19H18BrNO4/c1-4-24-19(23)17-15(10-25-11(2)22)21(3)18-14(20)9-12-7-5-6-8-13(12)16(17)18/h5-9H,4,10H2,1-3H3. The zero-order valence-electron chi connectivity index (χ0n) is 14.3. The smallest absolute Gasteiger partial charge is 0.340 e. The number of benzene rings is 2. The quantitative estimate of drug-likeness (QED) is 0.608. The van der Waals surface area contributed by atoms with Gasteiger partial charge in [-0.05, 0) is 39.7 Å². The van der Waals surface area contributed by atoms with Gasteiger partial charge in [-0.25, -0.2) is 4.79 Å². The first-order valence-electron chi connectivity index (χ1n) is 7.94. The molecule has 0 radical (unpaired) electrons. The van der Waals surface area contributed by atoms with Crippen molar-refractivity contribution in [3.63, 3.8) is 0 Å². The van der Waals surface area contributed by atoms with Crippen molar-refractivity contribution < 1.29 is 19.1 Å². The average Bonchev–Trinajstić information content (AvgIpc) is 2.87. The van der Waals surface area contributed by atoms with Gasteiger partial charge in [-0.2, -0.15) is 0 Å². The summed E-state index contributed by atoms with van der Waals surface area (Å²) in [6.45, 7) is 3.39. The summed E-state index contributed by atoms with van der Waals surface area (Å²) in [5.41, 5.74) is 1.92. The molecule has 25 heavy (non-hydrogen) atoms. The molecule has 1 aromatic heterocycles. The number of carbonyl (C=O) groups is 2. The number of halogens is 1. The van der Waals surface area contributed by atoms with Crippen molar-refractivity contribution in [2.45, 2.75) is 20.5 Å². The van der Waals surface area contributed by atoms with Gasteiger partial charge in [0, 0.05) is 23.8 Å². The Morgan fingerprint density at radius 1 is 1.20 bits per heavy atom. The van der Waals surface area contributed by atoms with Crippen LogP contribution in [0, 0.1) is 0 Å². The number of fused-ring (bicyclic) bond motifs is 3. The maximum atomic E-state index is 12.7. The Kier molecular flexibility index (Phi) is 4.81. The molecule has 0 saturated carbocycles. The molecule has 1 heterocycles. The van der Waals surface area contributed by atoms with Gasteiger partial charge in [-0.1, -0.05) is 24.3 Å². The normalized spacial score (nSPS) is 11.0. The van der Waals surface area contributed by atoms with Gasteiger partial charge >= 0.3 is 11.9 Å². The number of carbonyl (C=O) groups excluding carboxylic acids is 2. The van der Waals surface area contributed by atoms with E-state index in [2.05, 4.69) is 15.9 Å². The van der Waals surface area contributed by atoms with Gasteiger partial charge in [0.2, 0.25) is 0 Å². The molecule has 2 aromatic carbocycles. The third-order valence-corrected chi connectivity index (χ3v) is 4.75. The molecular weight excluding hydrogens is 386 g/mol. The zero-order valence-corrected chi connectivity index (χ0v) is 15.8. The number of esters is 2. The van der Waals surface area contributed by atoms with Crippen LogP contribution in [-0.2, 0) is 27.9 Å². The summed E-state index contributed by atoms with van der Waals surface area (Å²) in [5, 5.41) is 2.76. The molecule has 0 unspecified atom stereocenters. The van der Waals surface area contributed by atoms with Gasteiger partial charge in [0.15, 0.2) is 0 Å². The van der Waals surface area contributed by atoms with Gasteiger partial charge < -0.3 is 14.0 Å². The van der Waals surface area contributed by atoms with Crippen molar-refractivity contribution in [1.29, 1.82) is 0 Å². The highest BCUT2D eigenvalue weighted by Gasteiger charge is 2.26. The molecule has 130 valence electrons. The summed E-state index contributed by atoms with van der Waals surface area (Å²) in [5.74, 6) is -0.817. The second-order valence-corrected chi connectivity index (χ2v) is 6.54. The summed E-state index contributed by atoms with van der Waals surface area (Å²) in [7, 11) is 1.85. The monoisotopic (exact) mass is 403 g/mol. The minimum atomic E-state index is -0.418. The lowest BCUT2D eigenvalue weighted by Crippen LogP contribution is -2.11. The van der Waals surface area contributed by atoms with E-state index < -0.39 is 11.9 Å². The van der Waals surface area contributed by atoms with E-state index in [0.717, 1.165) is 26.1 Å². The van der Waals surface area contributed by atoms with E-state index in [0.29, 0.717) is 11.3 Å². The molecule has 0 amide bonds. The maximum Gasteiger partial charge on any atom is 0.340 e. The van der Waals surface area contributed by atoms with E-state index in [-0.39, 0.29) is 13.2 Å². The minimum absolute atomic E-state index is 0.00935. The van der Waals surface area contributed by atoms with Crippen molar-refractivity contribution >= 4 is 49.5 Å². The average molecular weight is 404 g/mol.